The SMILES string of the molecule is CC(C)CC1CSC(=NCCc2ccsc2)N1. The summed E-state index contributed by atoms with van der Waals surface area (Å²) in [6, 6.07) is 2.81. The van der Waals surface area contributed by atoms with Crippen molar-refractivity contribution in [2.24, 2.45) is 10.9 Å². The molecule has 1 atom stereocenters. The molecule has 0 saturated carbocycles. The highest BCUT2D eigenvalue weighted by atomic mass is 32.2. The molecule has 0 radical (unpaired) electrons. The maximum atomic E-state index is 4.63. The zero-order valence-corrected chi connectivity index (χ0v) is 12.1. The smallest absolute Gasteiger partial charge is 0.156 e. The maximum Gasteiger partial charge on any atom is 0.156 e. The fourth-order valence-corrected chi connectivity index (χ4v) is 3.66. The molecule has 0 amide bonds. The number of nitrogens with zero attached hydrogens (tertiary/aromatic N) is 1. The van der Waals surface area contributed by atoms with Gasteiger partial charge in [-0.15, -0.1) is 0 Å². The van der Waals surface area contributed by atoms with Crippen molar-refractivity contribution in [3.8, 4) is 0 Å². The van der Waals surface area contributed by atoms with E-state index in [1.54, 1.807) is 11.3 Å². The Morgan fingerprint density at radius 3 is 3.12 bits per heavy atom. The van der Waals surface area contributed by atoms with Crippen LogP contribution in [0.1, 0.15) is 25.8 Å². The molecule has 4 heteroatoms. The number of thiophene rings is 1. The molecule has 1 aliphatic rings. The first-order chi connectivity index (χ1) is 8.24. The lowest BCUT2D eigenvalue weighted by Gasteiger charge is -2.11. The minimum Gasteiger partial charge on any atom is -0.361 e. The Hall–Kier alpha value is -0.480. The number of rotatable bonds is 5. The summed E-state index contributed by atoms with van der Waals surface area (Å²) in [5.41, 5.74) is 1.40. The van der Waals surface area contributed by atoms with Crippen LogP contribution in [-0.4, -0.2) is 23.5 Å². The number of aliphatic imine (C=N–C) groups is 1. The Morgan fingerprint density at radius 1 is 1.53 bits per heavy atom. The summed E-state index contributed by atoms with van der Waals surface area (Å²) in [5.74, 6) is 1.94. The number of nitrogens with one attached hydrogen (secondary N) is 1. The second kappa shape index (κ2) is 6.45. The van der Waals surface area contributed by atoms with Crippen LogP contribution in [-0.2, 0) is 6.42 Å². The summed E-state index contributed by atoms with van der Waals surface area (Å²) < 4.78 is 0. The van der Waals surface area contributed by atoms with Crippen LogP contribution in [0.5, 0.6) is 0 Å². The van der Waals surface area contributed by atoms with Crippen molar-refractivity contribution < 1.29 is 0 Å². The summed E-state index contributed by atoms with van der Waals surface area (Å²) in [4.78, 5) is 4.63. The molecular formula is C13H20N2S2. The standard InChI is InChI=1S/C13H20N2S2/c1-10(2)7-12-9-17-13(15-12)14-5-3-11-4-6-16-8-11/h4,6,8,10,12H,3,5,7,9H2,1-2H3,(H,14,15). The number of thioether (sulfide) groups is 1. The van der Waals surface area contributed by atoms with Crippen molar-refractivity contribution >= 4 is 28.3 Å². The molecule has 17 heavy (non-hydrogen) atoms. The largest absolute Gasteiger partial charge is 0.361 e. The molecule has 1 saturated heterocycles. The molecule has 1 aromatic heterocycles. The molecule has 0 bridgehead atoms. The molecule has 1 N–H and O–H groups in total. The van der Waals surface area contributed by atoms with E-state index < -0.39 is 0 Å². The lowest BCUT2D eigenvalue weighted by Crippen LogP contribution is -2.28. The Labute approximate surface area is 112 Å². The van der Waals surface area contributed by atoms with E-state index in [0.717, 1.165) is 24.1 Å². The molecule has 0 spiro atoms. The van der Waals surface area contributed by atoms with Crippen LogP contribution < -0.4 is 5.32 Å². The van der Waals surface area contributed by atoms with Gasteiger partial charge in [0, 0.05) is 18.3 Å². The van der Waals surface area contributed by atoms with Crippen LogP contribution in [0, 0.1) is 5.92 Å². The highest BCUT2D eigenvalue weighted by molar-refractivity contribution is 8.14. The number of hydrogen-bond donors (Lipinski definition) is 1. The van der Waals surface area contributed by atoms with Crippen LogP contribution >= 0.6 is 23.1 Å². The molecule has 1 unspecified atom stereocenters. The third kappa shape index (κ3) is 4.36. The van der Waals surface area contributed by atoms with Crippen LogP contribution in [0.2, 0.25) is 0 Å². The summed E-state index contributed by atoms with van der Waals surface area (Å²) in [6.07, 6.45) is 2.31. The van der Waals surface area contributed by atoms with Gasteiger partial charge in [-0.25, -0.2) is 0 Å². The zero-order chi connectivity index (χ0) is 12.1. The molecule has 94 valence electrons. The van der Waals surface area contributed by atoms with E-state index >= 15 is 0 Å². The van der Waals surface area contributed by atoms with E-state index in [4.69, 9.17) is 0 Å². The van der Waals surface area contributed by atoms with Crippen LogP contribution in [0.4, 0.5) is 0 Å². The van der Waals surface area contributed by atoms with E-state index in [1.165, 1.54) is 17.7 Å². The van der Waals surface area contributed by atoms with Gasteiger partial charge in [-0.2, -0.15) is 11.3 Å². The molecule has 1 aliphatic heterocycles. The monoisotopic (exact) mass is 268 g/mol. The Morgan fingerprint density at radius 2 is 2.41 bits per heavy atom. The average Bonchev–Trinajstić information content (AvgIpc) is 2.89. The van der Waals surface area contributed by atoms with Crippen molar-refractivity contribution in [2.45, 2.75) is 32.7 Å². The van der Waals surface area contributed by atoms with Gasteiger partial charge < -0.3 is 5.32 Å². The van der Waals surface area contributed by atoms with E-state index in [0.29, 0.717) is 6.04 Å². The number of amidine groups is 1. The molecule has 2 heterocycles. The number of hydrogen-bond acceptors (Lipinski definition) is 3. The van der Waals surface area contributed by atoms with Gasteiger partial charge in [0.1, 0.15) is 0 Å². The van der Waals surface area contributed by atoms with Gasteiger partial charge in [-0.05, 0) is 41.1 Å². The predicted molar refractivity (Wildman–Crippen MR) is 79.2 cm³/mol. The quantitative estimate of drug-likeness (QED) is 0.885. The van der Waals surface area contributed by atoms with Gasteiger partial charge in [-0.1, -0.05) is 25.6 Å². The van der Waals surface area contributed by atoms with Crippen LogP contribution in [0.3, 0.4) is 0 Å². The van der Waals surface area contributed by atoms with E-state index in [2.05, 4.69) is 41.0 Å². The van der Waals surface area contributed by atoms with Gasteiger partial charge in [0.2, 0.25) is 0 Å². The van der Waals surface area contributed by atoms with E-state index in [-0.39, 0.29) is 0 Å². The minimum absolute atomic E-state index is 0.625. The second-order valence-corrected chi connectivity index (χ2v) is 6.64. The van der Waals surface area contributed by atoms with E-state index in [1.807, 2.05) is 11.8 Å². The second-order valence-electron chi connectivity index (χ2n) is 4.85. The van der Waals surface area contributed by atoms with Crippen molar-refractivity contribution in [3.05, 3.63) is 22.4 Å². The Kier molecular flexibility index (Phi) is 4.92. The van der Waals surface area contributed by atoms with Crippen molar-refractivity contribution in [1.29, 1.82) is 0 Å². The lowest BCUT2D eigenvalue weighted by molar-refractivity contribution is 0.502. The van der Waals surface area contributed by atoms with Gasteiger partial charge in [0.25, 0.3) is 0 Å². The van der Waals surface area contributed by atoms with Crippen LogP contribution in [0.25, 0.3) is 0 Å². The summed E-state index contributed by atoms with van der Waals surface area (Å²) in [5, 5.41) is 9.00. The summed E-state index contributed by atoms with van der Waals surface area (Å²) in [6.45, 7) is 5.45. The normalized spacial score (nSPS) is 22.3. The van der Waals surface area contributed by atoms with E-state index in [9.17, 15) is 0 Å². The minimum atomic E-state index is 0.625. The fraction of sp³-hybridized carbons (Fsp3) is 0.615. The van der Waals surface area contributed by atoms with Crippen molar-refractivity contribution in [1.82, 2.24) is 5.32 Å². The van der Waals surface area contributed by atoms with Gasteiger partial charge in [0.05, 0.1) is 0 Å². The highest BCUT2D eigenvalue weighted by Gasteiger charge is 2.20. The summed E-state index contributed by atoms with van der Waals surface area (Å²) >= 11 is 3.63. The fourth-order valence-electron chi connectivity index (χ4n) is 1.95. The highest BCUT2D eigenvalue weighted by Crippen LogP contribution is 2.19. The molecule has 1 fully saturated rings. The van der Waals surface area contributed by atoms with Crippen molar-refractivity contribution in [2.75, 3.05) is 12.3 Å². The Bertz CT molecular complexity index is 358. The lowest BCUT2D eigenvalue weighted by atomic mass is 10.1. The molecular weight excluding hydrogens is 248 g/mol. The first-order valence-electron chi connectivity index (χ1n) is 6.19. The molecule has 2 rings (SSSR count). The van der Waals surface area contributed by atoms with Crippen molar-refractivity contribution in [3.63, 3.8) is 0 Å². The first-order valence-corrected chi connectivity index (χ1v) is 8.11. The third-order valence-corrected chi connectivity index (χ3v) is 4.56. The zero-order valence-electron chi connectivity index (χ0n) is 10.5. The molecule has 0 aromatic carbocycles. The van der Waals surface area contributed by atoms with Crippen LogP contribution in [0.15, 0.2) is 21.8 Å². The Balaban J connectivity index is 1.72. The first kappa shape index (κ1) is 13.0. The molecule has 0 aliphatic carbocycles. The van der Waals surface area contributed by atoms with Gasteiger partial charge in [-0.3, -0.25) is 4.99 Å². The summed E-state index contributed by atoms with van der Waals surface area (Å²) in [7, 11) is 0. The molecule has 1 aromatic rings. The molecule has 2 nitrogen and oxygen atoms in total. The topological polar surface area (TPSA) is 24.4 Å². The third-order valence-electron chi connectivity index (χ3n) is 2.74. The maximum absolute atomic E-state index is 4.63. The predicted octanol–water partition coefficient (Wildman–Crippen LogP) is 3.40. The van der Waals surface area contributed by atoms with Gasteiger partial charge >= 0.3 is 0 Å². The van der Waals surface area contributed by atoms with Gasteiger partial charge in [0.15, 0.2) is 5.17 Å². The average molecular weight is 268 g/mol.